The predicted octanol–water partition coefficient (Wildman–Crippen LogP) is 2.10. The Balaban J connectivity index is 1.88. The van der Waals surface area contributed by atoms with E-state index >= 15 is 0 Å². The third-order valence-corrected chi connectivity index (χ3v) is 4.54. The van der Waals surface area contributed by atoms with Crippen molar-refractivity contribution in [3.63, 3.8) is 0 Å². The number of rotatable bonds is 3. The summed E-state index contributed by atoms with van der Waals surface area (Å²) in [7, 11) is -3.52. The van der Waals surface area contributed by atoms with Crippen LogP contribution in [0.2, 0.25) is 0 Å². The van der Waals surface area contributed by atoms with Crippen LogP contribution in [0.1, 0.15) is 11.6 Å². The fraction of sp³-hybridized carbons (Fsp3) is 0.143. The molecule has 4 nitrogen and oxygen atoms in total. The zero-order chi connectivity index (χ0) is 13.3. The Labute approximate surface area is 112 Å². The minimum atomic E-state index is -3.52. The molecule has 0 fully saturated rings. The molecular formula is C14H13NO3S. The van der Waals surface area contributed by atoms with Crippen LogP contribution in [0.3, 0.4) is 0 Å². The SMILES string of the molecule is O=S(=O)(NC1COc2ccccc21)c1ccccc1. The molecule has 0 aromatic heterocycles. The number of sulfonamides is 1. The highest BCUT2D eigenvalue weighted by atomic mass is 32.2. The van der Waals surface area contributed by atoms with Crippen LogP contribution in [0.5, 0.6) is 5.75 Å². The molecule has 1 aliphatic rings. The molecule has 0 saturated carbocycles. The van der Waals surface area contributed by atoms with Gasteiger partial charge in [-0.1, -0.05) is 36.4 Å². The second-order valence-corrected chi connectivity index (χ2v) is 6.05. The summed E-state index contributed by atoms with van der Waals surface area (Å²) in [4.78, 5) is 0.263. The lowest BCUT2D eigenvalue weighted by Gasteiger charge is -2.12. The maximum atomic E-state index is 12.2. The number of hydrogen-bond donors (Lipinski definition) is 1. The van der Waals surface area contributed by atoms with Crippen LogP contribution in [-0.2, 0) is 10.0 Å². The van der Waals surface area contributed by atoms with Crippen LogP contribution in [0.15, 0.2) is 59.5 Å². The quantitative estimate of drug-likeness (QED) is 0.933. The Bertz CT molecular complexity index is 683. The Morgan fingerprint density at radius 3 is 2.47 bits per heavy atom. The monoisotopic (exact) mass is 275 g/mol. The van der Waals surface area contributed by atoms with Gasteiger partial charge in [-0.25, -0.2) is 13.1 Å². The second kappa shape index (κ2) is 4.68. The van der Waals surface area contributed by atoms with Crippen LogP contribution >= 0.6 is 0 Å². The molecule has 0 saturated heterocycles. The Kier molecular flexibility index (Phi) is 3.00. The van der Waals surface area contributed by atoms with Crippen LogP contribution < -0.4 is 9.46 Å². The molecule has 0 aliphatic carbocycles. The van der Waals surface area contributed by atoms with Crippen molar-refractivity contribution in [3.05, 3.63) is 60.2 Å². The highest BCUT2D eigenvalue weighted by Crippen LogP contribution is 2.32. The van der Waals surface area contributed by atoms with Crippen molar-refractivity contribution in [1.29, 1.82) is 0 Å². The predicted molar refractivity (Wildman–Crippen MR) is 71.4 cm³/mol. The van der Waals surface area contributed by atoms with Gasteiger partial charge in [0.25, 0.3) is 0 Å². The van der Waals surface area contributed by atoms with Crippen LogP contribution in [0, 0.1) is 0 Å². The molecule has 1 heterocycles. The van der Waals surface area contributed by atoms with Gasteiger partial charge in [0.1, 0.15) is 12.4 Å². The number of benzene rings is 2. The molecule has 19 heavy (non-hydrogen) atoms. The van der Waals surface area contributed by atoms with Gasteiger partial charge in [0.05, 0.1) is 10.9 Å². The summed E-state index contributed by atoms with van der Waals surface area (Å²) in [6.07, 6.45) is 0. The molecule has 0 bridgehead atoms. The number of ether oxygens (including phenoxy) is 1. The first kappa shape index (κ1) is 12.2. The van der Waals surface area contributed by atoms with Gasteiger partial charge in [0, 0.05) is 5.56 Å². The van der Waals surface area contributed by atoms with E-state index < -0.39 is 10.0 Å². The van der Waals surface area contributed by atoms with E-state index in [1.54, 1.807) is 30.3 Å². The second-order valence-electron chi connectivity index (χ2n) is 4.34. The summed E-state index contributed by atoms with van der Waals surface area (Å²) in [6.45, 7) is 0.325. The first-order valence-electron chi connectivity index (χ1n) is 5.96. The van der Waals surface area contributed by atoms with E-state index in [0.717, 1.165) is 11.3 Å². The molecule has 1 unspecified atom stereocenters. The minimum absolute atomic E-state index is 0.263. The van der Waals surface area contributed by atoms with Crippen LogP contribution in [-0.4, -0.2) is 15.0 Å². The van der Waals surface area contributed by atoms with E-state index in [9.17, 15) is 8.42 Å². The molecule has 1 N–H and O–H groups in total. The molecule has 2 aromatic carbocycles. The third-order valence-electron chi connectivity index (χ3n) is 3.05. The summed E-state index contributed by atoms with van der Waals surface area (Å²) >= 11 is 0. The fourth-order valence-electron chi connectivity index (χ4n) is 2.12. The number of nitrogens with one attached hydrogen (secondary N) is 1. The van der Waals surface area contributed by atoms with E-state index in [4.69, 9.17) is 4.74 Å². The number of hydrogen-bond acceptors (Lipinski definition) is 3. The highest BCUT2D eigenvalue weighted by Gasteiger charge is 2.28. The van der Waals surface area contributed by atoms with Crippen molar-refractivity contribution in [2.24, 2.45) is 0 Å². The summed E-state index contributed by atoms with van der Waals surface area (Å²) in [5, 5.41) is 0. The topological polar surface area (TPSA) is 55.4 Å². The van der Waals surface area contributed by atoms with E-state index in [2.05, 4.69) is 4.72 Å². The summed E-state index contributed by atoms with van der Waals surface area (Å²) in [5.41, 5.74) is 0.877. The molecule has 1 aliphatic heterocycles. The van der Waals surface area contributed by atoms with Crippen LogP contribution in [0.4, 0.5) is 0 Å². The molecule has 0 amide bonds. The zero-order valence-electron chi connectivity index (χ0n) is 10.1. The Hall–Kier alpha value is -1.85. The smallest absolute Gasteiger partial charge is 0.241 e. The molecule has 98 valence electrons. The molecule has 0 radical (unpaired) electrons. The highest BCUT2D eigenvalue weighted by molar-refractivity contribution is 7.89. The summed E-state index contributed by atoms with van der Waals surface area (Å²) < 4.78 is 32.6. The van der Waals surface area contributed by atoms with Crippen molar-refractivity contribution in [1.82, 2.24) is 4.72 Å². The maximum absolute atomic E-state index is 12.2. The van der Waals surface area contributed by atoms with E-state index in [1.165, 1.54) is 0 Å². The maximum Gasteiger partial charge on any atom is 0.241 e. The van der Waals surface area contributed by atoms with Crippen molar-refractivity contribution < 1.29 is 13.2 Å². The molecule has 1 atom stereocenters. The van der Waals surface area contributed by atoms with Crippen LogP contribution in [0.25, 0.3) is 0 Å². The number of para-hydroxylation sites is 1. The van der Waals surface area contributed by atoms with E-state index in [0.29, 0.717) is 6.61 Å². The van der Waals surface area contributed by atoms with Gasteiger partial charge in [0.2, 0.25) is 10.0 Å². The normalized spacial score (nSPS) is 17.8. The van der Waals surface area contributed by atoms with Crippen molar-refractivity contribution in [3.8, 4) is 5.75 Å². The minimum Gasteiger partial charge on any atom is -0.491 e. The fourth-order valence-corrected chi connectivity index (χ4v) is 3.34. The molecule has 5 heteroatoms. The lowest BCUT2D eigenvalue weighted by Crippen LogP contribution is -2.29. The summed E-state index contributed by atoms with van der Waals surface area (Å²) in [6, 6.07) is 15.5. The molecule has 2 aromatic rings. The van der Waals surface area contributed by atoms with Gasteiger partial charge in [-0.15, -0.1) is 0 Å². The van der Waals surface area contributed by atoms with Gasteiger partial charge in [-0.3, -0.25) is 0 Å². The average Bonchev–Trinajstić information content (AvgIpc) is 2.83. The van der Waals surface area contributed by atoms with Crippen molar-refractivity contribution in [2.75, 3.05) is 6.61 Å². The lowest BCUT2D eigenvalue weighted by atomic mass is 10.1. The standard InChI is InChI=1S/C14H13NO3S/c16-19(17,11-6-2-1-3-7-11)15-13-10-18-14-9-5-4-8-12(13)14/h1-9,13,15H,10H2. The van der Waals surface area contributed by atoms with Crippen molar-refractivity contribution >= 4 is 10.0 Å². The van der Waals surface area contributed by atoms with Gasteiger partial charge >= 0.3 is 0 Å². The van der Waals surface area contributed by atoms with Gasteiger partial charge in [0.15, 0.2) is 0 Å². The van der Waals surface area contributed by atoms with Gasteiger partial charge in [-0.2, -0.15) is 0 Å². The van der Waals surface area contributed by atoms with E-state index in [-0.39, 0.29) is 10.9 Å². The lowest BCUT2D eigenvalue weighted by molar-refractivity contribution is 0.325. The first-order chi connectivity index (χ1) is 9.17. The Morgan fingerprint density at radius 1 is 1.00 bits per heavy atom. The summed E-state index contributed by atoms with van der Waals surface area (Å²) in [5.74, 6) is 0.739. The van der Waals surface area contributed by atoms with E-state index in [1.807, 2.05) is 24.3 Å². The Morgan fingerprint density at radius 2 is 1.68 bits per heavy atom. The average molecular weight is 275 g/mol. The number of fused-ring (bicyclic) bond motifs is 1. The van der Waals surface area contributed by atoms with Gasteiger partial charge in [-0.05, 0) is 18.2 Å². The largest absolute Gasteiger partial charge is 0.491 e. The van der Waals surface area contributed by atoms with Gasteiger partial charge < -0.3 is 4.74 Å². The third kappa shape index (κ3) is 2.34. The molecular weight excluding hydrogens is 262 g/mol. The molecule has 3 rings (SSSR count). The molecule has 0 spiro atoms. The van der Waals surface area contributed by atoms with Crippen molar-refractivity contribution in [2.45, 2.75) is 10.9 Å². The zero-order valence-corrected chi connectivity index (χ0v) is 10.9. The first-order valence-corrected chi connectivity index (χ1v) is 7.44.